The van der Waals surface area contributed by atoms with Crippen molar-refractivity contribution in [3.05, 3.63) is 24.2 Å². The van der Waals surface area contributed by atoms with Crippen molar-refractivity contribution in [3.8, 4) is 0 Å². The van der Waals surface area contributed by atoms with Gasteiger partial charge in [-0.2, -0.15) is 0 Å². The molecule has 2 rings (SSSR count). The first-order chi connectivity index (χ1) is 5.36. The van der Waals surface area contributed by atoms with E-state index in [0.717, 1.165) is 17.0 Å². The Morgan fingerprint density at radius 2 is 2.64 bits per heavy atom. The summed E-state index contributed by atoms with van der Waals surface area (Å²) in [4.78, 5) is 4.23. The van der Waals surface area contributed by atoms with Crippen LogP contribution in [0.25, 0.3) is 0 Å². The average molecular weight is 168 g/mol. The molecule has 2 aliphatic heterocycles. The number of aliphatic imine (C=N–C) groups is 1. The minimum atomic E-state index is -0.107. The second kappa shape index (κ2) is 2.71. The third kappa shape index (κ3) is 1.32. The van der Waals surface area contributed by atoms with Crippen LogP contribution < -0.4 is 5.73 Å². The second-order valence-corrected chi connectivity index (χ2v) is 3.40. The SMILES string of the molecule is NC1N=C2C=COC=C2CS1. The molecular weight excluding hydrogens is 160 g/mol. The van der Waals surface area contributed by atoms with Gasteiger partial charge in [-0.25, -0.2) is 0 Å². The summed E-state index contributed by atoms with van der Waals surface area (Å²) < 4.78 is 5.00. The molecule has 2 aliphatic rings. The Bertz CT molecular complexity index is 257. The van der Waals surface area contributed by atoms with Crippen LogP contribution in [0.5, 0.6) is 0 Å². The first kappa shape index (κ1) is 6.94. The number of rotatable bonds is 0. The number of thioether (sulfide) groups is 1. The minimum absolute atomic E-state index is 0.107. The van der Waals surface area contributed by atoms with E-state index in [9.17, 15) is 0 Å². The van der Waals surface area contributed by atoms with Crippen molar-refractivity contribution in [2.45, 2.75) is 5.50 Å². The Morgan fingerprint density at radius 3 is 3.55 bits per heavy atom. The van der Waals surface area contributed by atoms with E-state index in [1.54, 1.807) is 24.3 Å². The molecule has 0 aromatic heterocycles. The molecule has 0 aliphatic carbocycles. The molecule has 1 unspecified atom stereocenters. The highest BCUT2D eigenvalue weighted by Crippen LogP contribution is 2.22. The maximum atomic E-state index is 5.62. The van der Waals surface area contributed by atoms with Crippen LogP contribution in [-0.2, 0) is 4.74 Å². The average Bonchev–Trinajstić information content (AvgIpc) is 2.04. The van der Waals surface area contributed by atoms with Gasteiger partial charge in [0.25, 0.3) is 0 Å². The maximum Gasteiger partial charge on any atom is 0.145 e. The topological polar surface area (TPSA) is 47.6 Å². The third-order valence-electron chi connectivity index (χ3n) is 1.52. The summed E-state index contributed by atoms with van der Waals surface area (Å²) in [5.74, 6) is 0.893. The zero-order valence-electron chi connectivity index (χ0n) is 5.86. The molecule has 0 radical (unpaired) electrons. The number of hydrogen-bond donors (Lipinski definition) is 1. The van der Waals surface area contributed by atoms with Gasteiger partial charge >= 0.3 is 0 Å². The number of ether oxygens (including phenoxy) is 1. The van der Waals surface area contributed by atoms with Crippen molar-refractivity contribution in [2.24, 2.45) is 10.7 Å². The highest BCUT2D eigenvalue weighted by molar-refractivity contribution is 8.00. The first-order valence-corrected chi connectivity index (χ1v) is 4.37. The van der Waals surface area contributed by atoms with Crippen molar-refractivity contribution in [2.75, 3.05) is 5.75 Å². The summed E-state index contributed by atoms with van der Waals surface area (Å²) in [5, 5.41) is 0. The third-order valence-corrected chi connectivity index (χ3v) is 2.44. The number of nitrogens with two attached hydrogens (primary N) is 1. The van der Waals surface area contributed by atoms with Gasteiger partial charge in [0.05, 0.1) is 18.2 Å². The molecule has 0 saturated heterocycles. The lowest BCUT2D eigenvalue weighted by molar-refractivity contribution is 0.397. The monoisotopic (exact) mass is 168 g/mol. The van der Waals surface area contributed by atoms with Gasteiger partial charge in [-0.3, -0.25) is 4.99 Å². The van der Waals surface area contributed by atoms with E-state index in [1.807, 2.05) is 6.08 Å². The zero-order chi connectivity index (χ0) is 7.68. The van der Waals surface area contributed by atoms with Crippen LogP contribution in [0, 0.1) is 0 Å². The fraction of sp³-hybridized carbons (Fsp3) is 0.286. The second-order valence-electron chi connectivity index (χ2n) is 2.30. The lowest BCUT2D eigenvalue weighted by Gasteiger charge is -2.19. The molecule has 2 heterocycles. The molecule has 3 nitrogen and oxygen atoms in total. The van der Waals surface area contributed by atoms with E-state index in [-0.39, 0.29) is 5.50 Å². The molecule has 11 heavy (non-hydrogen) atoms. The van der Waals surface area contributed by atoms with Crippen molar-refractivity contribution in [3.63, 3.8) is 0 Å². The zero-order valence-corrected chi connectivity index (χ0v) is 6.67. The summed E-state index contributed by atoms with van der Waals surface area (Å²) >= 11 is 1.61. The Balaban J connectivity index is 2.31. The molecule has 0 spiro atoms. The fourth-order valence-corrected chi connectivity index (χ4v) is 1.73. The van der Waals surface area contributed by atoms with E-state index in [4.69, 9.17) is 10.5 Å². The van der Waals surface area contributed by atoms with E-state index in [1.165, 1.54) is 0 Å². The van der Waals surface area contributed by atoms with Crippen LogP contribution in [-0.4, -0.2) is 17.0 Å². The number of allylic oxidation sites excluding steroid dienone is 1. The molecule has 0 aromatic rings. The largest absolute Gasteiger partial charge is 0.472 e. The van der Waals surface area contributed by atoms with Crippen LogP contribution in [0.3, 0.4) is 0 Å². The molecule has 4 heteroatoms. The van der Waals surface area contributed by atoms with Gasteiger partial charge in [-0.15, -0.1) is 11.8 Å². The van der Waals surface area contributed by atoms with Crippen LogP contribution in [0.2, 0.25) is 0 Å². The molecule has 0 amide bonds. The van der Waals surface area contributed by atoms with Gasteiger partial charge in [0.1, 0.15) is 5.50 Å². The molecule has 2 N–H and O–H groups in total. The van der Waals surface area contributed by atoms with Gasteiger partial charge in [0, 0.05) is 11.3 Å². The predicted molar refractivity (Wildman–Crippen MR) is 46.2 cm³/mol. The highest BCUT2D eigenvalue weighted by Gasteiger charge is 2.16. The molecule has 1 atom stereocenters. The summed E-state index contributed by atoms with van der Waals surface area (Å²) in [6, 6.07) is 0. The molecule has 0 saturated carbocycles. The van der Waals surface area contributed by atoms with Crippen LogP contribution in [0.4, 0.5) is 0 Å². The molecule has 0 fully saturated rings. The summed E-state index contributed by atoms with van der Waals surface area (Å²) in [5.41, 5.74) is 7.59. The molecule has 0 aromatic carbocycles. The van der Waals surface area contributed by atoms with Gasteiger partial charge in [-0.1, -0.05) is 0 Å². The summed E-state index contributed by atoms with van der Waals surface area (Å²) in [6.07, 6.45) is 5.18. The van der Waals surface area contributed by atoms with Crippen molar-refractivity contribution < 1.29 is 4.74 Å². The van der Waals surface area contributed by atoms with Crippen molar-refractivity contribution in [1.29, 1.82) is 0 Å². The van der Waals surface area contributed by atoms with E-state index >= 15 is 0 Å². The van der Waals surface area contributed by atoms with Gasteiger partial charge < -0.3 is 10.5 Å². The molecule has 58 valence electrons. The van der Waals surface area contributed by atoms with Crippen LogP contribution >= 0.6 is 11.8 Å². The van der Waals surface area contributed by atoms with Gasteiger partial charge in [0.15, 0.2) is 0 Å². The van der Waals surface area contributed by atoms with Gasteiger partial charge in [-0.05, 0) is 6.08 Å². The maximum absolute atomic E-state index is 5.62. The van der Waals surface area contributed by atoms with Gasteiger partial charge in [0.2, 0.25) is 0 Å². The fourth-order valence-electron chi connectivity index (χ4n) is 0.976. The van der Waals surface area contributed by atoms with E-state index < -0.39 is 0 Å². The Morgan fingerprint density at radius 1 is 1.73 bits per heavy atom. The first-order valence-electron chi connectivity index (χ1n) is 3.33. The Hall–Kier alpha value is -0.740. The quantitative estimate of drug-likeness (QED) is 0.583. The van der Waals surface area contributed by atoms with Crippen LogP contribution in [0.15, 0.2) is 29.2 Å². The smallest absolute Gasteiger partial charge is 0.145 e. The standard InChI is InChI=1S/C7H8N2OS/c8-7-9-6-1-2-10-3-5(6)4-11-7/h1-3,7H,4,8H2. The molecular formula is C7H8N2OS. The van der Waals surface area contributed by atoms with E-state index in [2.05, 4.69) is 4.99 Å². The normalized spacial score (nSPS) is 28.3. The lowest BCUT2D eigenvalue weighted by Crippen LogP contribution is -2.23. The highest BCUT2D eigenvalue weighted by atomic mass is 32.2. The Labute approximate surface area is 69.0 Å². The summed E-state index contributed by atoms with van der Waals surface area (Å²) in [6.45, 7) is 0. The molecule has 0 bridgehead atoms. The predicted octanol–water partition coefficient (Wildman–Crippen LogP) is 0.844. The lowest BCUT2D eigenvalue weighted by atomic mass is 10.2. The number of nitrogens with zero attached hydrogens (tertiary/aromatic N) is 1. The Kier molecular flexibility index (Phi) is 1.71. The number of fused-ring (bicyclic) bond motifs is 1. The number of hydrogen-bond acceptors (Lipinski definition) is 4. The van der Waals surface area contributed by atoms with E-state index in [0.29, 0.717) is 0 Å². The minimum Gasteiger partial charge on any atom is -0.472 e. The van der Waals surface area contributed by atoms with Crippen molar-refractivity contribution in [1.82, 2.24) is 0 Å². The summed E-state index contributed by atoms with van der Waals surface area (Å²) in [7, 11) is 0. The van der Waals surface area contributed by atoms with Crippen molar-refractivity contribution >= 4 is 17.5 Å². The van der Waals surface area contributed by atoms with Crippen LogP contribution in [0.1, 0.15) is 0 Å².